The number of likely N-dealkylation sites (tertiary alicyclic amines) is 2. The molecule has 0 bridgehead atoms. The molecule has 1 aromatic carbocycles. The molecule has 3 heterocycles. The van der Waals surface area contributed by atoms with E-state index in [-0.39, 0.29) is 11.4 Å². The van der Waals surface area contributed by atoms with Crippen molar-refractivity contribution in [3.63, 3.8) is 0 Å². The van der Waals surface area contributed by atoms with E-state index >= 15 is 0 Å². The third kappa shape index (κ3) is 10.7. The molecule has 15 nitrogen and oxygen atoms in total. The van der Waals surface area contributed by atoms with E-state index < -0.39 is 20.8 Å². The molecule has 1 amide bonds. The first-order valence-electron chi connectivity index (χ1n) is 14.5. The maximum atomic E-state index is 13.3. The summed E-state index contributed by atoms with van der Waals surface area (Å²) in [5, 5.41) is 16.6. The van der Waals surface area contributed by atoms with Gasteiger partial charge >= 0.3 is 20.8 Å². The number of pyridine rings is 1. The molecule has 2 aromatic rings. The average molecular weight is 752 g/mol. The van der Waals surface area contributed by atoms with E-state index in [0.29, 0.717) is 36.9 Å². The Morgan fingerprint density at radius 2 is 1.57 bits per heavy atom. The quantitative estimate of drug-likeness (QED) is 0.0947. The van der Waals surface area contributed by atoms with Crippen molar-refractivity contribution in [2.45, 2.75) is 58.9 Å². The zero-order valence-electron chi connectivity index (χ0n) is 26.0. The number of halogens is 1. The number of rotatable bonds is 9. The molecule has 2 aliphatic rings. The summed E-state index contributed by atoms with van der Waals surface area (Å²) in [5.41, 5.74) is 4.11. The van der Waals surface area contributed by atoms with E-state index in [9.17, 15) is 26.8 Å². The van der Waals surface area contributed by atoms with E-state index in [4.69, 9.17) is 13.9 Å². The molecular weight excluding hydrogens is 712 g/mol. The fourth-order valence-corrected chi connectivity index (χ4v) is 6.47. The Labute approximate surface area is 277 Å². The highest BCUT2D eigenvalue weighted by atomic mass is 79.9. The number of amides is 1. The summed E-state index contributed by atoms with van der Waals surface area (Å²) >= 11 is 3.52. The van der Waals surface area contributed by atoms with Crippen LogP contribution in [0.15, 0.2) is 46.2 Å². The number of carbonyl (C=O) groups is 1. The van der Waals surface area contributed by atoms with Crippen LogP contribution >= 0.6 is 15.9 Å². The summed E-state index contributed by atoms with van der Waals surface area (Å²) in [7, 11) is -10.0. The van der Waals surface area contributed by atoms with Crippen molar-refractivity contribution in [3.05, 3.63) is 68.6 Å². The highest BCUT2D eigenvalue weighted by Crippen LogP contribution is 2.34. The zero-order chi connectivity index (χ0) is 34.3. The Morgan fingerprint density at radius 1 is 1.02 bits per heavy atom. The van der Waals surface area contributed by atoms with Gasteiger partial charge in [-0.1, -0.05) is 41.9 Å². The molecule has 0 unspecified atom stereocenters. The van der Waals surface area contributed by atoms with Gasteiger partial charge in [-0.15, -0.1) is 0 Å². The summed E-state index contributed by atoms with van der Waals surface area (Å²) in [6.45, 7) is 11.9. The number of nitrogens with zero attached hydrogens (tertiary/aromatic N) is 4. The lowest BCUT2D eigenvalue weighted by atomic mass is 9.82. The summed E-state index contributed by atoms with van der Waals surface area (Å²) in [6.07, 6.45) is 5.40. The van der Waals surface area contributed by atoms with Gasteiger partial charge in [0.15, 0.2) is 6.20 Å². The third-order valence-corrected chi connectivity index (χ3v) is 9.26. The molecule has 46 heavy (non-hydrogen) atoms. The molecule has 0 spiro atoms. The second-order valence-electron chi connectivity index (χ2n) is 11.2. The highest BCUT2D eigenvalue weighted by molar-refractivity contribution is 9.10. The van der Waals surface area contributed by atoms with Crippen LogP contribution in [-0.2, 0) is 34.3 Å². The fraction of sp³-hybridized carbons (Fsp3) is 0.536. The van der Waals surface area contributed by atoms with Gasteiger partial charge in [0, 0.05) is 42.0 Å². The second-order valence-corrected chi connectivity index (χ2v) is 14.1. The third-order valence-electron chi connectivity index (χ3n) is 8.17. The number of aromatic nitrogens is 1. The van der Waals surface area contributed by atoms with E-state index in [1.807, 2.05) is 18.7 Å². The molecule has 0 atom stereocenters. The Bertz CT molecular complexity index is 1570. The van der Waals surface area contributed by atoms with Crippen LogP contribution in [0, 0.1) is 25.0 Å². The summed E-state index contributed by atoms with van der Waals surface area (Å²) in [5.74, 6) is 0.337. The van der Waals surface area contributed by atoms with Gasteiger partial charge in [-0.2, -0.15) is 21.6 Å². The standard InChI is InChI=1S/C28H37BrN4O3.H2O8S2/c1-5-36-30-26(22-6-8-24(29)9-7-22)23-11-15-32(16-12-23)28(4)13-18-31(19-14-28)27(34)25-20(2)10-17-33(35)21(25)3;1-9(2,3)7-8-10(4,5)6/h6-10,17,23H,5,11-16,18-19H2,1-4H3;(H,1,2,3)(H,4,5,6)/b30-26-;. The lowest BCUT2D eigenvalue weighted by Crippen LogP contribution is -2.57. The van der Waals surface area contributed by atoms with Crippen LogP contribution in [-0.4, -0.2) is 85.7 Å². The van der Waals surface area contributed by atoms with Gasteiger partial charge < -0.3 is 14.9 Å². The first-order chi connectivity index (χ1) is 21.4. The SMILES string of the molecule is CCO/N=C(/c1ccc(Br)cc1)C1CCN(C2(C)CCN(C(=O)c3c(C)cc[n+]([O-])c3C)CC2)CC1.O=S(=O)(O)OOS(=O)(=O)O. The van der Waals surface area contributed by atoms with Crippen molar-refractivity contribution in [2.24, 2.45) is 11.1 Å². The van der Waals surface area contributed by atoms with Crippen molar-refractivity contribution >= 4 is 48.3 Å². The van der Waals surface area contributed by atoms with Crippen LogP contribution in [0.1, 0.15) is 66.7 Å². The first-order valence-corrected chi connectivity index (χ1v) is 18.0. The van der Waals surface area contributed by atoms with Gasteiger partial charge in [0.25, 0.3) is 5.91 Å². The Balaban J connectivity index is 0.000000498. The Hall–Kier alpha value is -2.71. The number of piperidine rings is 2. The molecule has 1 aromatic heterocycles. The number of oxime groups is 1. The lowest BCUT2D eigenvalue weighted by Gasteiger charge is -2.49. The maximum absolute atomic E-state index is 13.3. The van der Waals surface area contributed by atoms with Crippen molar-refractivity contribution in [1.29, 1.82) is 0 Å². The lowest BCUT2D eigenvalue weighted by molar-refractivity contribution is -0.612. The van der Waals surface area contributed by atoms with Crippen molar-refractivity contribution < 1.29 is 49.0 Å². The summed E-state index contributed by atoms with van der Waals surface area (Å²) in [4.78, 5) is 23.3. The minimum Gasteiger partial charge on any atom is -0.618 e. The monoisotopic (exact) mass is 750 g/mol. The van der Waals surface area contributed by atoms with Gasteiger partial charge in [-0.05, 0) is 82.8 Å². The van der Waals surface area contributed by atoms with E-state index in [0.717, 1.165) is 64.8 Å². The number of hydrogen-bond acceptors (Lipinski definition) is 11. The van der Waals surface area contributed by atoms with E-state index in [1.54, 1.807) is 13.0 Å². The fourth-order valence-electron chi connectivity index (χ4n) is 5.64. The summed E-state index contributed by atoms with van der Waals surface area (Å²) < 4.78 is 60.7. The van der Waals surface area contributed by atoms with Crippen LogP contribution in [0.5, 0.6) is 0 Å². The van der Waals surface area contributed by atoms with E-state index in [2.05, 4.69) is 65.8 Å². The largest absolute Gasteiger partial charge is 0.618 e. The van der Waals surface area contributed by atoms with Crippen molar-refractivity contribution in [3.8, 4) is 0 Å². The van der Waals surface area contributed by atoms with Gasteiger partial charge in [0.2, 0.25) is 5.69 Å². The van der Waals surface area contributed by atoms with Crippen LogP contribution in [0.4, 0.5) is 0 Å². The van der Waals surface area contributed by atoms with Crippen molar-refractivity contribution in [2.75, 3.05) is 32.8 Å². The molecule has 0 aliphatic carbocycles. The zero-order valence-corrected chi connectivity index (χ0v) is 29.2. The highest BCUT2D eigenvalue weighted by Gasteiger charge is 2.40. The molecule has 2 N–H and O–H groups in total. The summed E-state index contributed by atoms with van der Waals surface area (Å²) in [6, 6.07) is 10.0. The Kier molecular flexibility index (Phi) is 13.1. The average Bonchev–Trinajstić information content (AvgIpc) is 2.99. The number of carbonyl (C=O) groups excluding carboxylic acids is 1. The molecule has 2 aliphatic heterocycles. The number of benzene rings is 1. The minimum absolute atomic E-state index is 0.0257. The predicted molar refractivity (Wildman–Crippen MR) is 170 cm³/mol. The van der Waals surface area contributed by atoms with Crippen LogP contribution in [0.3, 0.4) is 0 Å². The van der Waals surface area contributed by atoms with Gasteiger partial charge in [-0.25, -0.2) is 0 Å². The number of aryl methyl sites for hydroxylation is 1. The second kappa shape index (κ2) is 15.9. The molecule has 2 fully saturated rings. The molecular formula is C28H39BrN4O11S2. The first kappa shape index (κ1) is 37.7. The van der Waals surface area contributed by atoms with Crippen LogP contribution in [0.2, 0.25) is 0 Å². The molecule has 4 rings (SSSR count). The predicted octanol–water partition coefficient (Wildman–Crippen LogP) is 3.39. The minimum atomic E-state index is -5.02. The van der Waals surface area contributed by atoms with Gasteiger partial charge in [0.05, 0.1) is 5.71 Å². The molecule has 18 heteroatoms. The van der Waals surface area contributed by atoms with Crippen molar-refractivity contribution in [1.82, 2.24) is 9.80 Å². The maximum Gasteiger partial charge on any atom is 0.425 e. The molecule has 0 radical (unpaired) electrons. The molecule has 2 saturated heterocycles. The number of hydrogen-bond donors (Lipinski definition) is 2. The van der Waals surface area contributed by atoms with Gasteiger partial charge in [-0.3, -0.25) is 18.8 Å². The topological polar surface area (TPSA) is 199 Å². The van der Waals surface area contributed by atoms with Crippen LogP contribution < -0.4 is 4.73 Å². The van der Waals surface area contributed by atoms with Gasteiger partial charge in [0.1, 0.15) is 12.2 Å². The normalized spacial score (nSPS) is 18.1. The smallest absolute Gasteiger partial charge is 0.425 e. The van der Waals surface area contributed by atoms with Crippen LogP contribution in [0.25, 0.3) is 0 Å². The van der Waals surface area contributed by atoms with E-state index in [1.165, 1.54) is 6.20 Å². The molecule has 256 valence electrons. The Morgan fingerprint density at radius 3 is 2.07 bits per heavy atom. The molecule has 0 saturated carbocycles.